The topological polar surface area (TPSA) is 66.8 Å². The lowest BCUT2D eigenvalue weighted by atomic mass is 9.78. The van der Waals surface area contributed by atoms with Gasteiger partial charge in [0, 0.05) is 13.0 Å². The first-order valence-electron chi connectivity index (χ1n) is 6.57. The summed E-state index contributed by atoms with van der Waals surface area (Å²) in [7, 11) is 0. The van der Waals surface area contributed by atoms with Gasteiger partial charge in [-0.25, -0.2) is 9.59 Å². The lowest BCUT2D eigenvalue weighted by molar-refractivity contribution is -0.161. The molecule has 5 nitrogen and oxygen atoms in total. The summed E-state index contributed by atoms with van der Waals surface area (Å²) < 4.78 is 5.29. The van der Waals surface area contributed by atoms with E-state index in [0.717, 1.165) is 0 Å². The van der Waals surface area contributed by atoms with Gasteiger partial charge < -0.3 is 9.84 Å². The Balaban J connectivity index is 2.32. The van der Waals surface area contributed by atoms with E-state index in [1.54, 1.807) is 45.0 Å². The molecule has 1 amide bonds. The average Bonchev–Trinajstić information content (AvgIpc) is 2.26. The highest BCUT2D eigenvalue weighted by Gasteiger charge is 2.56. The molecule has 0 bridgehead atoms. The van der Waals surface area contributed by atoms with Gasteiger partial charge in [0.15, 0.2) is 5.54 Å². The lowest BCUT2D eigenvalue weighted by Gasteiger charge is -2.49. The summed E-state index contributed by atoms with van der Waals surface area (Å²) in [6.45, 7) is 5.66. The summed E-state index contributed by atoms with van der Waals surface area (Å²) >= 11 is 0. The van der Waals surface area contributed by atoms with E-state index >= 15 is 0 Å². The van der Waals surface area contributed by atoms with Crippen LogP contribution in [0.4, 0.5) is 4.79 Å². The minimum atomic E-state index is -1.30. The van der Waals surface area contributed by atoms with Gasteiger partial charge in [0.05, 0.1) is 0 Å². The fraction of sp³-hybridized carbons (Fsp3) is 0.467. The molecule has 1 fully saturated rings. The molecular formula is C15H19NO4. The first kappa shape index (κ1) is 14.4. The van der Waals surface area contributed by atoms with Crippen LogP contribution in [-0.4, -0.2) is 34.2 Å². The number of benzene rings is 1. The summed E-state index contributed by atoms with van der Waals surface area (Å²) in [6.07, 6.45) is -0.194. The van der Waals surface area contributed by atoms with Crippen LogP contribution in [0.15, 0.2) is 30.3 Å². The second kappa shape index (κ2) is 4.81. The Hall–Kier alpha value is -2.04. The van der Waals surface area contributed by atoms with Crippen LogP contribution < -0.4 is 0 Å². The summed E-state index contributed by atoms with van der Waals surface area (Å²) in [5.41, 5.74) is -1.35. The van der Waals surface area contributed by atoms with Crippen molar-refractivity contribution in [2.45, 2.75) is 38.3 Å². The number of rotatable bonds is 2. The van der Waals surface area contributed by atoms with Crippen molar-refractivity contribution < 1.29 is 19.4 Å². The molecule has 1 aromatic rings. The quantitative estimate of drug-likeness (QED) is 0.902. The van der Waals surface area contributed by atoms with Gasteiger partial charge >= 0.3 is 12.1 Å². The highest BCUT2D eigenvalue weighted by Crippen LogP contribution is 2.41. The third-order valence-electron chi connectivity index (χ3n) is 3.38. The van der Waals surface area contributed by atoms with Gasteiger partial charge in [0.2, 0.25) is 0 Å². The highest BCUT2D eigenvalue weighted by atomic mass is 16.6. The van der Waals surface area contributed by atoms with Crippen LogP contribution in [0.2, 0.25) is 0 Å². The zero-order valence-corrected chi connectivity index (χ0v) is 11.9. The number of nitrogens with zero attached hydrogens (tertiary/aromatic N) is 1. The fourth-order valence-electron chi connectivity index (χ4n) is 2.37. The lowest BCUT2D eigenvalue weighted by Crippen LogP contribution is -2.64. The van der Waals surface area contributed by atoms with Crippen LogP contribution in [0.3, 0.4) is 0 Å². The molecule has 1 aliphatic heterocycles. The molecular weight excluding hydrogens is 258 g/mol. The molecule has 1 heterocycles. The van der Waals surface area contributed by atoms with E-state index in [-0.39, 0.29) is 0 Å². The first-order valence-corrected chi connectivity index (χ1v) is 6.57. The van der Waals surface area contributed by atoms with E-state index in [2.05, 4.69) is 0 Å². The van der Waals surface area contributed by atoms with Gasteiger partial charge in [0.25, 0.3) is 0 Å². The van der Waals surface area contributed by atoms with Crippen molar-refractivity contribution in [2.75, 3.05) is 6.54 Å². The Morgan fingerprint density at radius 1 is 1.25 bits per heavy atom. The van der Waals surface area contributed by atoms with Gasteiger partial charge in [-0.2, -0.15) is 0 Å². The first-order chi connectivity index (χ1) is 9.27. The van der Waals surface area contributed by atoms with Crippen molar-refractivity contribution in [3.63, 3.8) is 0 Å². The zero-order valence-electron chi connectivity index (χ0n) is 11.9. The Labute approximate surface area is 118 Å². The Morgan fingerprint density at radius 2 is 1.85 bits per heavy atom. The predicted octanol–water partition coefficient (Wildman–Crippen LogP) is 2.61. The molecule has 0 spiro atoms. The van der Waals surface area contributed by atoms with Crippen molar-refractivity contribution in [1.29, 1.82) is 0 Å². The molecule has 0 aliphatic carbocycles. The minimum absolute atomic E-state index is 0.385. The number of carbonyl (C=O) groups excluding carboxylic acids is 1. The molecule has 1 aliphatic rings. The summed E-state index contributed by atoms with van der Waals surface area (Å²) in [6, 6.07) is 8.81. The predicted molar refractivity (Wildman–Crippen MR) is 73.3 cm³/mol. The number of carboxylic acids is 1. The van der Waals surface area contributed by atoms with E-state index in [1.165, 1.54) is 4.90 Å². The smallest absolute Gasteiger partial charge is 0.411 e. The van der Waals surface area contributed by atoms with E-state index < -0.39 is 23.2 Å². The second-order valence-electron chi connectivity index (χ2n) is 5.91. The number of hydrogen-bond acceptors (Lipinski definition) is 3. The molecule has 5 heteroatoms. The Morgan fingerprint density at radius 3 is 2.25 bits per heavy atom. The van der Waals surface area contributed by atoms with Crippen LogP contribution in [0.5, 0.6) is 0 Å². The molecule has 0 saturated carbocycles. The standard InChI is InChI=1S/C15H19NO4/c1-14(2,3)20-13(19)16-10-9-15(16,12(17)18)11-7-5-4-6-8-11/h4-8H,9-10H2,1-3H3,(H,17,18). The van der Waals surface area contributed by atoms with Crippen LogP contribution in [0.25, 0.3) is 0 Å². The van der Waals surface area contributed by atoms with E-state index in [9.17, 15) is 14.7 Å². The van der Waals surface area contributed by atoms with Gasteiger partial charge in [-0.15, -0.1) is 0 Å². The largest absolute Gasteiger partial charge is 0.479 e. The molecule has 0 aromatic heterocycles. The van der Waals surface area contributed by atoms with Crippen molar-refractivity contribution in [1.82, 2.24) is 4.90 Å². The Kier molecular flexibility index (Phi) is 3.46. The molecule has 108 valence electrons. The monoisotopic (exact) mass is 277 g/mol. The van der Waals surface area contributed by atoms with E-state index in [0.29, 0.717) is 18.5 Å². The SMILES string of the molecule is CC(C)(C)OC(=O)N1CCC1(C(=O)O)c1ccccc1. The maximum absolute atomic E-state index is 12.2. The van der Waals surface area contributed by atoms with E-state index in [4.69, 9.17) is 4.74 Å². The third-order valence-corrected chi connectivity index (χ3v) is 3.38. The summed E-state index contributed by atoms with van der Waals surface area (Å²) in [5, 5.41) is 9.61. The number of carbonyl (C=O) groups is 2. The van der Waals surface area contributed by atoms with Crippen LogP contribution >= 0.6 is 0 Å². The van der Waals surface area contributed by atoms with Crippen molar-refractivity contribution in [2.24, 2.45) is 0 Å². The number of likely N-dealkylation sites (tertiary alicyclic amines) is 1. The highest BCUT2D eigenvalue weighted by molar-refractivity contribution is 5.88. The molecule has 1 saturated heterocycles. The molecule has 1 unspecified atom stereocenters. The Bertz CT molecular complexity index is 520. The van der Waals surface area contributed by atoms with Crippen LogP contribution in [0.1, 0.15) is 32.8 Å². The number of ether oxygens (including phenoxy) is 1. The minimum Gasteiger partial charge on any atom is -0.479 e. The molecule has 1 atom stereocenters. The summed E-state index contributed by atoms with van der Waals surface area (Å²) in [4.78, 5) is 25.2. The van der Waals surface area contributed by atoms with E-state index in [1.807, 2.05) is 6.07 Å². The number of carboxylic acid groups (broad SMARTS) is 1. The number of aliphatic carboxylic acids is 1. The maximum Gasteiger partial charge on any atom is 0.411 e. The molecule has 1 aromatic carbocycles. The zero-order chi connectivity index (χ0) is 15.0. The van der Waals surface area contributed by atoms with Gasteiger partial charge in [0.1, 0.15) is 5.60 Å². The van der Waals surface area contributed by atoms with Crippen LogP contribution in [0, 0.1) is 0 Å². The maximum atomic E-state index is 12.2. The second-order valence-corrected chi connectivity index (χ2v) is 5.91. The normalized spacial score (nSPS) is 22.1. The molecule has 20 heavy (non-hydrogen) atoms. The number of hydrogen-bond donors (Lipinski definition) is 1. The fourth-order valence-corrected chi connectivity index (χ4v) is 2.37. The van der Waals surface area contributed by atoms with Gasteiger partial charge in [-0.3, -0.25) is 4.90 Å². The van der Waals surface area contributed by atoms with Gasteiger partial charge in [-0.1, -0.05) is 30.3 Å². The number of amides is 1. The van der Waals surface area contributed by atoms with Crippen molar-refractivity contribution >= 4 is 12.1 Å². The molecule has 0 radical (unpaired) electrons. The van der Waals surface area contributed by atoms with Crippen molar-refractivity contribution in [3.05, 3.63) is 35.9 Å². The average molecular weight is 277 g/mol. The van der Waals surface area contributed by atoms with Crippen molar-refractivity contribution in [3.8, 4) is 0 Å². The molecule has 2 rings (SSSR count). The van der Waals surface area contributed by atoms with Crippen LogP contribution in [-0.2, 0) is 15.1 Å². The molecule has 1 N–H and O–H groups in total. The van der Waals surface area contributed by atoms with Gasteiger partial charge in [-0.05, 0) is 26.3 Å². The summed E-state index contributed by atoms with van der Waals surface area (Å²) in [5.74, 6) is -1.03. The third kappa shape index (κ3) is 2.35.